The zero-order valence-corrected chi connectivity index (χ0v) is 12.5. The van der Waals surface area contributed by atoms with Crippen LogP contribution in [0.5, 0.6) is 0 Å². The molecule has 0 radical (unpaired) electrons. The average Bonchev–Trinajstić information content (AvgIpc) is 2.57. The summed E-state index contributed by atoms with van der Waals surface area (Å²) in [5, 5.41) is 14.9. The second kappa shape index (κ2) is 6.78. The Morgan fingerprint density at radius 1 is 0.727 bits per heavy atom. The van der Waals surface area contributed by atoms with Crippen LogP contribution in [0.3, 0.4) is 0 Å². The first-order valence-electron chi connectivity index (χ1n) is 6.83. The van der Waals surface area contributed by atoms with Crippen molar-refractivity contribution >= 4 is 28.8 Å². The average molecular weight is 306 g/mol. The van der Waals surface area contributed by atoms with Crippen molar-refractivity contribution in [1.29, 1.82) is 0 Å². The number of nitrogens with one attached hydrogen (secondary N) is 2. The standard InChI is InChI=1S/C17H14N4S/c22-17(18-14-9-5-2-6-10-14)19-16-12-11-15(20-21-16)13-7-3-1-4-8-13/h1-12H,(H2,18,19,21,22). The molecule has 0 aliphatic heterocycles. The fourth-order valence-electron chi connectivity index (χ4n) is 1.96. The van der Waals surface area contributed by atoms with Crippen molar-refractivity contribution in [2.24, 2.45) is 0 Å². The Labute approximate surface area is 134 Å². The van der Waals surface area contributed by atoms with Crippen LogP contribution in [0.4, 0.5) is 11.5 Å². The molecule has 0 spiro atoms. The van der Waals surface area contributed by atoms with Gasteiger partial charge in [-0.15, -0.1) is 10.2 Å². The molecule has 3 rings (SSSR count). The van der Waals surface area contributed by atoms with E-state index in [2.05, 4.69) is 20.8 Å². The molecule has 2 N–H and O–H groups in total. The molecule has 22 heavy (non-hydrogen) atoms. The monoisotopic (exact) mass is 306 g/mol. The summed E-state index contributed by atoms with van der Waals surface area (Å²) in [6, 6.07) is 23.4. The molecule has 4 nitrogen and oxygen atoms in total. The van der Waals surface area contributed by atoms with Crippen LogP contribution in [-0.2, 0) is 0 Å². The SMILES string of the molecule is S=C(Nc1ccccc1)Nc1ccc(-c2ccccc2)nn1. The quantitative estimate of drug-likeness (QED) is 0.718. The topological polar surface area (TPSA) is 49.8 Å². The molecular formula is C17H14N4S. The highest BCUT2D eigenvalue weighted by atomic mass is 32.1. The van der Waals surface area contributed by atoms with Gasteiger partial charge >= 0.3 is 0 Å². The van der Waals surface area contributed by atoms with Crippen LogP contribution in [-0.4, -0.2) is 15.3 Å². The van der Waals surface area contributed by atoms with E-state index in [-0.39, 0.29) is 0 Å². The number of anilines is 2. The Bertz CT molecular complexity index is 743. The van der Waals surface area contributed by atoms with Gasteiger partial charge in [-0.25, -0.2) is 0 Å². The van der Waals surface area contributed by atoms with Crippen LogP contribution in [0.25, 0.3) is 11.3 Å². The van der Waals surface area contributed by atoms with E-state index in [0.717, 1.165) is 16.9 Å². The summed E-state index contributed by atoms with van der Waals surface area (Å²) < 4.78 is 0. The zero-order chi connectivity index (χ0) is 15.2. The van der Waals surface area contributed by atoms with Crippen molar-refractivity contribution < 1.29 is 0 Å². The number of hydrogen-bond donors (Lipinski definition) is 2. The second-order valence-electron chi connectivity index (χ2n) is 4.61. The van der Waals surface area contributed by atoms with Crippen LogP contribution in [0.1, 0.15) is 0 Å². The van der Waals surface area contributed by atoms with E-state index in [4.69, 9.17) is 12.2 Å². The van der Waals surface area contributed by atoms with Gasteiger partial charge in [0.25, 0.3) is 0 Å². The van der Waals surface area contributed by atoms with E-state index in [1.54, 1.807) is 0 Å². The molecule has 0 aliphatic carbocycles. The van der Waals surface area contributed by atoms with Gasteiger partial charge < -0.3 is 10.6 Å². The third-order valence-corrected chi connectivity index (χ3v) is 3.21. The molecule has 0 aliphatic rings. The molecule has 3 aromatic rings. The van der Waals surface area contributed by atoms with Crippen LogP contribution < -0.4 is 10.6 Å². The first-order valence-corrected chi connectivity index (χ1v) is 7.24. The number of benzene rings is 2. The van der Waals surface area contributed by atoms with Crippen LogP contribution in [0.15, 0.2) is 72.8 Å². The van der Waals surface area contributed by atoms with Gasteiger partial charge in [0.05, 0.1) is 5.69 Å². The molecule has 108 valence electrons. The van der Waals surface area contributed by atoms with E-state index >= 15 is 0 Å². The van der Waals surface area contributed by atoms with Crippen LogP contribution in [0.2, 0.25) is 0 Å². The lowest BCUT2D eigenvalue weighted by molar-refractivity contribution is 1.05. The minimum Gasteiger partial charge on any atom is -0.332 e. The van der Waals surface area contributed by atoms with Crippen LogP contribution >= 0.6 is 12.2 Å². The van der Waals surface area contributed by atoms with Gasteiger partial charge in [0, 0.05) is 11.3 Å². The number of para-hydroxylation sites is 1. The van der Waals surface area contributed by atoms with Crippen molar-refractivity contribution in [3.63, 3.8) is 0 Å². The molecule has 0 atom stereocenters. The summed E-state index contributed by atoms with van der Waals surface area (Å²) in [5.74, 6) is 0.605. The molecule has 2 aromatic carbocycles. The number of nitrogens with zero attached hydrogens (tertiary/aromatic N) is 2. The first-order chi connectivity index (χ1) is 10.8. The van der Waals surface area contributed by atoms with Crippen molar-refractivity contribution in [3.05, 3.63) is 72.8 Å². The van der Waals surface area contributed by atoms with Gasteiger partial charge in [-0.2, -0.15) is 0 Å². The summed E-state index contributed by atoms with van der Waals surface area (Å²) in [4.78, 5) is 0. The highest BCUT2D eigenvalue weighted by molar-refractivity contribution is 7.80. The van der Waals surface area contributed by atoms with Gasteiger partial charge in [-0.1, -0.05) is 48.5 Å². The molecule has 0 unspecified atom stereocenters. The minimum absolute atomic E-state index is 0.480. The first kappa shape index (κ1) is 14.2. The smallest absolute Gasteiger partial charge is 0.176 e. The Hall–Kier alpha value is -2.79. The molecule has 1 heterocycles. The molecule has 0 fully saturated rings. The van der Waals surface area contributed by atoms with Gasteiger partial charge in [0.2, 0.25) is 0 Å². The van der Waals surface area contributed by atoms with E-state index < -0.39 is 0 Å². The third kappa shape index (κ3) is 3.65. The largest absolute Gasteiger partial charge is 0.332 e. The van der Waals surface area contributed by atoms with E-state index in [1.807, 2.05) is 72.8 Å². The Morgan fingerprint density at radius 2 is 1.41 bits per heavy atom. The Balaban J connectivity index is 1.65. The molecular weight excluding hydrogens is 292 g/mol. The molecule has 1 aromatic heterocycles. The maximum atomic E-state index is 5.25. The highest BCUT2D eigenvalue weighted by Crippen LogP contribution is 2.16. The normalized spacial score (nSPS) is 10.0. The predicted octanol–water partition coefficient (Wildman–Crippen LogP) is 3.95. The number of hydrogen-bond acceptors (Lipinski definition) is 3. The van der Waals surface area contributed by atoms with Gasteiger partial charge in [0.15, 0.2) is 10.9 Å². The van der Waals surface area contributed by atoms with Crippen molar-refractivity contribution in [2.75, 3.05) is 10.6 Å². The summed E-state index contributed by atoms with van der Waals surface area (Å²) in [6.07, 6.45) is 0. The van der Waals surface area contributed by atoms with Crippen molar-refractivity contribution in [1.82, 2.24) is 10.2 Å². The lowest BCUT2D eigenvalue weighted by Crippen LogP contribution is -2.19. The fourth-order valence-corrected chi connectivity index (χ4v) is 2.18. The van der Waals surface area contributed by atoms with Crippen molar-refractivity contribution in [2.45, 2.75) is 0 Å². The Morgan fingerprint density at radius 3 is 2.05 bits per heavy atom. The van der Waals surface area contributed by atoms with E-state index in [1.165, 1.54) is 0 Å². The number of aromatic nitrogens is 2. The molecule has 0 saturated heterocycles. The van der Waals surface area contributed by atoms with Crippen molar-refractivity contribution in [3.8, 4) is 11.3 Å². The summed E-state index contributed by atoms with van der Waals surface area (Å²) >= 11 is 5.25. The maximum Gasteiger partial charge on any atom is 0.176 e. The second-order valence-corrected chi connectivity index (χ2v) is 5.02. The Kier molecular flexibility index (Phi) is 4.36. The molecule has 0 saturated carbocycles. The van der Waals surface area contributed by atoms with Gasteiger partial charge in [-0.05, 0) is 36.5 Å². The minimum atomic E-state index is 0.480. The summed E-state index contributed by atoms with van der Waals surface area (Å²) in [6.45, 7) is 0. The van der Waals surface area contributed by atoms with E-state index in [9.17, 15) is 0 Å². The number of thiocarbonyl (C=S) groups is 1. The third-order valence-electron chi connectivity index (χ3n) is 3.01. The number of rotatable bonds is 3. The molecule has 5 heteroatoms. The lowest BCUT2D eigenvalue weighted by atomic mass is 10.1. The predicted molar refractivity (Wildman–Crippen MR) is 93.8 cm³/mol. The van der Waals surface area contributed by atoms with E-state index in [0.29, 0.717) is 10.9 Å². The lowest BCUT2D eigenvalue weighted by Gasteiger charge is -2.09. The summed E-state index contributed by atoms with van der Waals surface area (Å²) in [7, 11) is 0. The molecule has 0 amide bonds. The van der Waals surface area contributed by atoms with Gasteiger partial charge in [-0.3, -0.25) is 0 Å². The summed E-state index contributed by atoms with van der Waals surface area (Å²) in [5.41, 5.74) is 2.79. The van der Waals surface area contributed by atoms with Gasteiger partial charge in [0.1, 0.15) is 0 Å². The molecule has 0 bridgehead atoms. The fraction of sp³-hybridized carbons (Fsp3) is 0. The highest BCUT2D eigenvalue weighted by Gasteiger charge is 2.02. The van der Waals surface area contributed by atoms with Crippen LogP contribution in [0, 0.1) is 0 Å². The zero-order valence-electron chi connectivity index (χ0n) is 11.7. The maximum absolute atomic E-state index is 5.25.